The van der Waals surface area contributed by atoms with Crippen LogP contribution in [-0.2, 0) is 26.2 Å². The molecule has 2 amide bonds. The minimum Gasteiger partial charge on any atom is -0.497 e. The van der Waals surface area contributed by atoms with Gasteiger partial charge in [-0.15, -0.1) is 0 Å². The number of hydrogen-bond acceptors (Lipinski definition) is 5. The van der Waals surface area contributed by atoms with Crippen molar-refractivity contribution in [3.8, 4) is 5.75 Å². The molecule has 41 heavy (non-hydrogen) atoms. The Kier molecular flexibility index (Phi) is 11.5. The molecule has 0 aliphatic rings. The number of unbranched alkanes of at least 4 members (excludes halogenated alkanes) is 1. The molecule has 3 aromatic rings. The first-order valence-corrected chi connectivity index (χ1v) is 15.4. The van der Waals surface area contributed by atoms with E-state index >= 15 is 0 Å². The van der Waals surface area contributed by atoms with Gasteiger partial charge in [0.2, 0.25) is 11.8 Å². The Morgan fingerprint density at radius 3 is 2.22 bits per heavy atom. The third kappa shape index (κ3) is 8.38. The van der Waals surface area contributed by atoms with Gasteiger partial charge in [-0.25, -0.2) is 8.42 Å². The van der Waals surface area contributed by atoms with Crippen LogP contribution in [-0.4, -0.2) is 51.4 Å². The molecule has 0 saturated carbocycles. The maximum atomic E-state index is 14.0. The summed E-state index contributed by atoms with van der Waals surface area (Å²) >= 11 is 12.3. The molecule has 0 fully saturated rings. The fraction of sp³-hybridized carbons (Fsp3) is 0.333. The van der Waals surface area contributed by atoms with Gasteiger partial charge in [-0.3, -0.25) is 13.9 Å². The average molecular weight is 621 g/mol. The van der Waals surface area contributed by atoms with Gasteiger partial charge in [-0.2, -0.15) is 0 Å². The van der Waals surface area contributed by atoms with Crippen LogP contribution in [0.25, 0.3) is 0 Å². The highest BCUT2D eigenvalue weighted by Crippen LogP contribution is 2.31. The first-order valence-electron chi connectivity index (χ1n) is 13.2. The summed E-state index contributed by atoms with van der Waals surface area (Å²) in [5, 5.41) is 3.25. The van der Waals surface area contributed by atoms with Crippen LogP contribution in [0.4, 0.5) is 5.69 Å². The van der Waals surface area contributed by atoms with Crippen LogP contribution in [0.15, 0.2) is 71.6 Å². The molecule has 0 aliphatic heterocycles. The second kappa shape index (κ2) is 14.6. The largest absolute Gasteiger partial charge is 0.497 e. The van der Waals surface area contributed by atoms with Crippen molar-refractivity contribution in [1.29, 1.82) is 0 Å². The van der Waals surface area contributed by atoms with Gasteiger partial charge in [-0.05, 0) is 68.3 Å². The van der Waals surface area contributed by atoms with Crippen molar-refractivity contribution in [1.82, 2.24) is 10.2 Å². The second-order valence-electron chi connectivity index (χ2n) is 9.61. The smallest absolute Gasteiger partial charge is 0.264 e. The van der Waals surface area contributed by atoms with Crippen LogP contribution >= 0.6 is 23.2 Å². The Hall–Kier alpha value is -3.27. The molecule has 0 heterocycles. The number of hydrogen-bond donors (Lipinski definition) is 1. The molecule has 3 aromatic carbocycles. The standard InChI is InChI=1S/C30H35Cl2N3O5S/c1-5-6-17-33-30(37)22(3)34(19-23-9-12-25(40-4)13-10-23)29(36)20-35(24-11-16-27(31)28(32)18-24)41(38,39)26-14-7-21(2)8-15-26/h7-16,18,22H,5-6,17,19-20H2,1-4H3,(H,33,37)/t22-/m0/s1. The summed E-state index contributed by atoms with van der Waals surface area (Å²) in [7, 11) is -2.65. The quantitative estimate of drug-likeness (QED) is 0.243. The molecule has 0 spiro atoms. The Morgan fingerprint density at radius 2 is 1.63 bits per heavy atom. The van der Waals surface area contributed by atoms with Gasteiger partial charge >= 0.3 is 0 Å². The van der Waals surface area contributed by atoms with Crippen LogP contribution in [0.3, 0.4) is 0 Å². The third-order valence-electron chi connectivity index (χ3n) is 6.59. The first kappa shape index (κ1) is 32.2. The SMILES string of the molecule is CCCCNC(=O)[C@H](C)N(Cc1ccc(OC)cc1)C(=O)CN(c1ccc(Cl)c(Cl)c1)S(=O)(=O)c1ccc(C)cc1. The lowest BCUT2D eigenvalue weighted by atomic mass is 10.1. The van der Waals surface area contributed by atoms with E-state index in [0.717, 1.165) is 28.3 Å². The minimum atomic E-state index is -4.21. The monoisotopic (exact) mass is 619 g/mol. The van der Waals surface area contributed by atoms with Gasteiger partial charge in [0.1, 0.15) is 18.3 Å². The van der Waals surface area contributed by atoms with Crippen LogP contribution < -0.4 is 14.4 Å². The number of rotatable bonds is 13. The summed E-state index contributed by atoms with van der Waals surface area (Å²) in [6.07, 6.45) is 1.70. The van der Waals surface area contributed by atoms with Crippen molar-refractivity contribution >= 4 is 50.7 Å². The summed E-state index contributed by atoms with van der Waals surface area (Å²) in [5.74, 6) is -0.254. The maximum absolute atomic E-state index is 14.0. The average Bonchev–Trinajstić information content (AvgIpc) is 2.96. The number of nitrogens with one attached hydrogen (secondary N) is 1. The zero-order chi connectivity index (χ0) is 30.2. The van der Waals surface area contributed by atoms with E-state index in [9.17, 15) is 18.0 Å². The molecule has 0 unspecified atom stereocenters. The molecular weight excluding hydrogens is 585 g/mol. The van der Waals surface area contributed by atoms with Crippen molar-refractivity contribution in [3.05, 3.63) is 87.9 Å². The fourth-order valence-corrected chi connectivity index (χ4v) is 5.75. The Morgan fingerprint density at radius 1 is 0.976 bits per heavy atom. The molecule has 8 nitrogen and oxygen atoms in total. The van der Waals surface area contributed by atoms with Gasteiger partial charge in [0, 0.05) is 13.1 Å². The highest BCUT2D eigenvalue weighted by molar-refractivity contribution is 7.92. The summed E-state index contributed by atoms with van der Waals surface area (Å²) < 4.78 is 34.0. The number of ether oxygens (including phenoxy) is 1. The predicted molar refractivity (Wildman–Crippen MR) is 163 cm³/mol. The number of halogens is 2. The van der Waals surface area contributed by atoms with Crippen molar-refractivity contribution in [3.63, 3.8) is 0 Å². The van der Waals surface area contributed by atoms with Crippen molar-refractivity contribution < 1.29 is 22.7 Å². The first-order chi connectivity index (χ1) is 19.5. The molecule has 11 heteroatoms. The van der Waals surface area contributed by atoms with E-state index in [1.807, 2.05) is 13.8 Å². The van der Waals surface area contributed by atoms with E-state index in [4.69, 9.17) is 27.9 Å². The molecule has 0 radical (unpaired) electrons. The maximum Gasteiger partial charge on any atom is 0.264 e. The highest BCUT2D eigenvalue weighted by Gasteiger charge is 2.32. The second-order valence-corrected chi connectivity index (χ2v) is 12.3. The molecule has 0 saturated heterocycles. The van der Waals surface area contributed by atoms with E-state index in [-0.39, 0.29) is 33.1 Å². The lowest BCUT2D eigenvalue weighted by Crippen LogP contribution is -2.51. The van der Waals surface area contributed by atoms with E-state index < -0.39 is 28.5 Å². The number of aryl methyl sites for hydroxylation is 1. The van der Waals surface area contributed by atoms with Crippen LogP contribution in [0.5, 0.6) is 5.75 Å². The summed E-state index contributed by atoms with van der Waals surface area (Å²) in [6, 6.07) is 16.9. The Labute approximate surface area is 252 Å². The Bertz CT molecular complexity index is 1450. The van der Waals surface area contributed by atoms with Crippen molar-refractivity contribution in [2.24, 2.45) is 0 Å². The lowest BCUT2D eigenvalue weighted by molar-refractivity contribution is -0.139. The van der Waals surface area contributed by atoms with E-state index in [0.29, 0.717) is 12.3 Å². The highest BCUT2D eigenvalue weighted by atomic mass is 35.5. The van der Waals surface area contributed by atoms with E-state index in [1.54, 1.807) is 50.4 Å². The van der Waals surface area contributed by atoms with Gasteiger partial charge < -0.3 is 15.0 Å². The topological polar surface area (TPSA) is 96.0 Å². The van der Waals surface area contributed by atoms with Gasteiger partial charge in [0.25, 0.3) is 10.0 Å². The number of carbonyl (C=O) groups is 2. The molecule has 1 N–H and O–H groups in total. The molecule has 3 rings (SSSR count). The predicted octanol–water partition coefficient (Wildman–Crippen LogP) is 5.84. The van der Waals surface area contributed by atoms with Crippen molar-refractivity contribution in [2.45, 2.75) is 51.1 Å². The fourth-order valence-electron chi connectivity index (χ4n) is 4.05. The normalized spacial score (nSPS) is 12.0. The van der Waals surface area contributed by atoms with Crippen LogP contribution in [0, 0.1) is 6.92 Å². The summed E-state index contributed by atoms with van der Waals surface area (Å²) in [4.78, 5) is 28.4. The molecule has 0 aliphatic carbocycles. The van der Waals surface area contributed by atoms with Gasteiger partial charge in [0.05, 0.1) is 27.7 Å². The summed E-state index contributed by atoms with van der Waals surface area (Å²) in [5.41, 5.74) is 1.79. The third-order valence-corrected chi connectivity index (χ3v) is 9.11. The Balaban J connectivity index is 2.02. The van der Waals surface area contributed by atoms with Crippen LogP contribution in [0.2, 0.25) is 10.0 Å². The number of sulfonamides is 1. The number of carbonyl (C=O) groups excluding carboxylic acids is 2. The number of amides is 2. The molecule has 1 atom stereocenters. The van der Waals surface area contributed by atoms with Gasteiger partial charge in [0.15, 0.2) is 0 Å². The molecule has 0 bridgehead atoms. The zero-order valence-corrected chi connectivity index (χ0v) is 25.9. The zero-order valence-electron chi connectivity index (χ0n) is 23.6. The number of benzene rings is 3. The van der Waals surface area contributed by atoms with E-state index in [2.05, 4.69) is 5.32 Å². The molecule has 220 valence electrons. The molecule has 0 aromatic heterocycles. The summed E-state index contributed by atoms with van der Waals surface area (Å²) in [6.45, 7) is 5.46. The van der Waals surface area contributed by atoms with Crippen molar-refractivity contribution in [2.75, 3.05) is 24.5 Å². The number of methoxy groups -OCH3 is 1. The molecular formula is C30H35Cl2N3O5S. The minimum absolute atomic E-state index is 0.00836. The van der Waals surface area contributed by atoms with E-state index in [1.165, 1.54) is 35.2 Å². The van der Waals surface area contributed by atoms with Crippen LogP contribution in [0.1, 0.15) is 37.8 Å². The lowest BCUT2D eigenvalue weighted by Gasteiger charge is -2.32. The number of nitrogens with zero attached hydrogens (tertiary/aromatic N) is 2. The number of anilines is 1. The van der Waals surface area contributed by atoms with Gasteiger partial charge in [-0.1, -0.05) is 66.4 Å².